The molecule has 172 valence electrons. The number of carbonyl (C=O) groups is 1. The first kappa shape index (κ1) is 21.0. The minimum atomic E-state index is 0.0443. The fourth-order valence-corrected chi connectivity index (χ4v) is 5.25. The van der Waals surface area contributed by atoms with E-state index in [1.807, 2.05) is 53.5 Å². The van der Waals surface area contributed by atoms with Crippen LogP contribution in [-0.4, -0.2) is 31.9 Å². The first-order valence-corrected chi connectivity index (χ1v) is 12.4. The quantitative estimate of drug-likeness (QED) is 0.417. The van der Waals surface area contributed by atoms with Crippen LogP contribution in [0.4, 0.5) is 0 Å². The van der Waals surface area contributed by atoms with E-state index >= 15 is 0 Å². The Morgan fingerprint density at radius 2 is 1.79 bits per heavy atom. The second kappa shape index (κ2) is 9.01. The highest BCUT2D eigenvalue weighted by atomic mass is 16.1. The van der Waals surface area contributed by atoms with E-state index in [1.54, 1.807) is 6.20 Å². The van der Waals surface area contributed by atoms with Crippen LogP contribution in [0.3, 0.4) is 0 Å². The molecule has 0 aliphatic heterocycles. The van der Waals surface area contributed by atoms with Crippen molar-refractivity contribution in [3.8, 4) is 11.3 Å². The second-order valence-corrected chi connectivity index (χ2v) is 9.78. The topological polar surface area (TPSA) is 72.7 Å². The van der Waals surface area contributed by atoms with Gasteiger partial charge < -0.3 is 5.32 Å². The third-order valence-electron chi connectivity index (χ3n) is 7.68. The van der Waals surface area contributed by atoms with Crippen LogP contribution in [0.5, 0.6) is 0 Å². The molecule has 2 aromatic heterocycles. The summed E-state index contributed by atoms with van der Waals surface area (Å²) in [4.78, 5) is 17.5. The molecule has 0 unspecified atom stereocenters. The number of benzene rings is 2. The highest BCUT2D eigenvalue weighted by molar-refractivity contribution is 5.96. The Kier molecular flexibility index (Phi) is 5.57. The van der Waals surface area contributed by atoms with Crippen molar-refractivity contribution in [2.24, 2.45) is 11.8 Å². The maximum atomic E-state index is 13.3. The Labute approximate surface area is 199 Å². The van der Waals surface area contributed by atoms with Gasteiger partial charge in [-0.15, -0.1) is 5.10 Å². The number of nitrogens with zero attached hydrogens (tertiary/aromatic N) is 4. The highest BCUT2D eigenvalue weighted by Crippen LogP contribution is 2.40. The first-order chi connectivity index (χ1) is 16.7. The smallest absolute Gasteiger partial charge is 0.251 e. The van der Waals surface area contributed by atoms with Crippen LogP contribution >= 0.6 is 0 Å². The second-order valence-electron chi connectivity index (χ2n) is 9.78. The van der Waals surface area contributed by atoms with Crippen molar-refractivity contribution in [3.63, 3.8) is 0 Å². The Morgan fingerprint density at radius 1 is 1.00 bits per heavy atom. The molecule has 6 nitrogen and oxygen atoms in total. The average Bonchev–Trinajstić information content (AvgIpc) is 3.25. The Balaban J connectivity index is 1.21. The molecule has 6 heteroatoms. The fourth-order valence-electron chi connectivity index (χ4n) is 5.25. The summed E-state index contributed by atoms with van der Waals surface area (Å²) in [6.45, 7) is 0.506. The van der Waals surface area contributed by atoms with Crippen LogP contribution in [0.15, 0.2) is 67.1 Å². The number of hydrogen-bond acceptors (Lipinski definition) is 4. The molecule has 0 radical (unpaired) electrons. The molecule has 2 aliphatic rings. The molecule has 2 heterocycles. The van der Waals surface area contributed by atoms with Gasteiger partial charge in [0.15, 0.2) is 0 Å². The molecule has 1 N–H and O–H groups in total. The molecular formula is C28H29N5O. The summed E-state index contributed by atoms with van der Waals surface area (Å²) < 4.78 is 1.81. The molecule has 0 atom stereocenters. The summed E-state index contributed by atoms with van der Waals surface area (Å²) >= 11 is 0. The van der Waals surface area contributed by atoms with Crippen LogP contribution in [0.2, 0.25) is 0 Å². The van der Waals surface area contributed by atoms with E-state index in [9.17, 15) is 4.79 Å². The van der Waals surface area contributed by atoms with E-state index in [2.05, 4.69) is 32.7 Å². The molecule has 2 aromatic carbocycles. The fraction of sp³-hybridized carbons (Fsp3) is 0.357. The summed E-state index contributed by atoms with van der Waals surface area (Å²) in [5.74, 6) is 1.34. The van der Waals surface area contributed by atoms with E-state index in [4.69, 9.17) is 0 Å². The third kappa shape index (κ3) is 4.09. The van der Waals surface area contributed by atoms with E-state index in [-0.39, 0.29) is 5.91 Å². The predicted molar refractivity (Wildman–Crippen MR) is 132 cm³/mol. The minimum absolute atomic E-state index is 0.0443. The maximum absolute atomic E-state index is 13.3. The molecule has 0 spiro atoms. The number of fused-ring (bicyclic) bond motifs is 1. The van der Waals surface area contributed by atoms with E-state index in [0.29, 0.717) is 24.4 Å². The maximum Gasteiger partial charge on any atom is 0.251 e. The average molecular weight is 452 g/mol. The van der Waals surface area contributed by atoms with E-state index in [0.717, 1.165) is 33.2 Å². The summed E-state index contributed by atoms with van der Waals surface area (Å²) in [6, 6.07) is 16.4. The Hall–Kier alpha value is -3.54. The predicted octanol–water partition coefficient (Wildman–Crippen LogP) is 5.24. The monoisotopic (exact) mass is 451 g/mol. The molecule has 2 aliphatic carbocycles. The largest absolute Gasteiger partial charge is 0.349 e. The lowest BCUT2D eigenvalue weighted by molar-refractivity contribution is 0.0788. The van der Waals surface area contributed by atoms with Crippen molar-refractivity contribution in [3.05, 3.63) is 78.2 Å². The normalized spacial score (nSPS) is 16.4. The van der Waals surface area contributed by atoms with Crippen LogP contribution < -0.4 is 5.32 Å². The molecule has 6 rings (SSSR count). The lowest BCUT2D eigenvalue weighted by Crippen LogP contribution is -2.49. The molecule has 0 bridgehead atoms. The molecule has 34 heavy (non-hydrogen) atoms. The zero-order valence-corrected chi connectivity index (χ0v) is 19.2. The van der Waals surface area contributed by atoms with Gasteiger partial charge in [-0.2, -0.15) is 0 Å². The molecule has 1 amide bonds. The zero-order valence-electron chi connectivity index (χ0n) is 19.2. The highest BCUT2D eigenvalue weighted by Gasteiger charge is 2.37. The third-order valence-corrected chi connectivity index (χ3v) is 7.68. The zero-order chi connectivity index (χ0) is 22.9. The van der Waals surface area contributed by atoms with Gasteiger partial charge in [-0.1, -0.05) is 48.4 Å². The summed E-state index contributed by atoms with van der Waals surface area (Å²) in [7, 11) is 0. The van der Waals surface area contributed by atoms with Crippen molar-refractivity contribution < 1.29 is 4.79 Å². The number of amides is 1. The molecule has 0 saturated heterocycles. The lowest BCUT2D eigenvalue weighted by Gasteiger charge is -2.43. The van der Waals surface area contributed by atoms with Gasteiger partial charge in [-0.05, 0) is 66.7 Å². The van der Waals surface area contributed by atoms with Crippen molar-refractivity contribution in [2.45, 2.75) is 51.1 Å². The summed E-state index contributed by atoms with van der Waals surface area (Å²) in [5, 5.41) is 14.4. The van der Waals surface area contributed by atoms with Gasteiger partial charge in [-0.25, -0.2) is 4.68 Å². The lowest BCUT2D eigenvalue weighted by atomic mass is 9.68. The number of hydrogen-bond donors (Lipinski definition) is 1. The van der Waals surface area contributed by atoms with Gasteiger partial charge in [0.05, 0.1) is 12.7 Å². The molecule has 4 aromatic rings. The first-order valence-electron chi connectivity index (χ1n) is 12.4. The molecule has 2 fully saturated rings. The van der Waals surface area contributed by atoms with Crippen LogP contribution in [-0.2, 0) is 6.54 Å². The van der Waals surface area contributed by atoms with E-state index < -0.39 is 0 Å². The van der Waals surface area contributed by atoms with Crippen molar-refractivity contribution in [1.29, 1.82) is 0 Å². The van der Waals surface area contributed by atoms with Crippen molar-refractivity contribution in [2.75, 3.05) is 0 Å². The summed E-state index contributed by atoms with van der Waals surface area (Å²) in [6.07, 6.45) is 13.2. The Morgan fingerprint density at radius 3 is 2.56 bits per heavy atom. The SMILES string of the molecule is O=C(NC(C1CCC1)C1CCC1)c1ccccc1Cn1cc(-c2ccc3cnccc3c2)nn1. The van der Waals surface area contributed by atoms with Gasteiger partial charge >= 0.3 is 0 Å². The molecular weight excluding hydrogens is 422 g/mol. The van der Waals surface area contributed by atoms with Crippen LogP contribution in [0, 0.1) is 11.8 Å². The number of pyridine rings is 1. The number of nitrogens with one attached hydrogen (secondary N) is 1. The van der Waals surface area contributed by atoms with Gasteiger partial charge in [0.1, 0.15) is 5.69 Å². The van der Waals surface area contributed by atoms with Crippen molar-refractivity contribution >= 4 is 16.7 Å². The minimum Gasteiger partial charge on any atom is -0.349 e. The van der Waals surface area contributed by atoms with Crippen molar-refractivity contribution in [1.82, 2.24) is 25.3 Å². The summed E-state index contributed by atoms with van der Waals surface area (Å²) in [5.41, 5.74) is 3.53. The van der Waals surface area contributed by atoms with E-state index in [1.165, 1.54) is 38.5 Å². The van der Waals surface area contributed by atoms with Crippen LogP contribution in [0.1, 0.15) is 54.4 Å². The standard InChI is InChI=1S/C28H29N5O/c34-28(30-27(19-6-3-7-19)20-8-4-9-20)25-10-2-1-5-24(25)17-33-18-26(31-32-33)22-11-12-23-16-29-14-13-21(23)15-22/h1-2,5,10-16,18-20,27H,3-4,6-9,17H2,(H,30,34). The Bertz CT molecular complexity index is 1310. The van der Waals surface area contributed by atoms with Gasteiger partial charge in [0.25, 0.3) is 5.91 Å². The van der Waals surface area contributed by atoms with Crippen LogP contribution in [0.25, 0.3) is 22.0 Å². The van der Waals surface area contributed by atoms with Gasteiger partial charge in [-0.3, -0.25) is 9.78 Å². The van der Waals surface area contributed by atoms with Gasteiger partial charge in [0, 0.05) is 34.9 Å². The number of rotatable bonds is 7. The number of aromatic nitrogens is 4. The number of carbonyl (C=O) groups excluding carboxylic acids is 1. The van der Waals surface area contributed by atoms with Gasteiger partial charge in [0.2, 0.25) is 0 Å². The molecule has 2 saturated carbocycles.